The lowest BCUT2D eigenvalue weighted by atomic mass is 10.4. The first-order valence-electron chi connectivity index (χ1n) is 5.11. The predicted molar refractivity (Wildman–Crippen MR) is 66.2 cm³/mol. The van der Waals surface area contributed by atoms with Crippen molar-refractivity contribution in [2.24, 2.45) is 4.99 Å². The normalized spacial score (nSPS) is 15.6. The topological polar surface area (TPSA) is 80.6 Å². The lowest BCUT2D eigenvalue weighted by Gasteiger charge is -2.17. The van der Waals surface area contributed by atoms with Crippen molar-refractivity contribution in [3.05, 3.63) is 24.3 Å². The lowest BCUT2D eigenvalue weighted by molar-refractivity contribution is -0.0470. The molecule has 128 valence electrons. The van der Waals surface area contributed by atoms with E-state index in [9.17, 15) is 43.2 Å². The van der Waals surface area contributed by atoms with Crippen LogP contribution in [0.3, 0.4) is 0 Å². The SMILES string of the molecule is C/C=C\C=C/C=NC(S(=O)(=O)C(F)(F)F)S(=O)(=O)C(F)(F)F. The Bertz CT molecular complexity index is 626. The molecule has 0 aromatic heterocycles. The molecule has 13 heteroatoms. The van der Waals surface area contributed by atoms with Crippen LogP contribution in [0, 0.1) is 0 Å². The minimum atomic E-state index is -6.73. The Balaban J connectivity index is 6.07. The Kier molecular flexibility index (Phi) is 6.39. The number of hydrogen-bond acceptors (Lipinski definition) is 5. The van der Waals surface area contributed by atoms with Gasteiger partial charge < -0.3 is 0 Å². The molecule has 0 rings (SSSR count). The van der Waals surface area contributed by atoms with Crippen molar-refractivity contribution >= 4 is 25.9 Å². The summed E-state index contributed by atoms with van der Waals surface area (Å²) in [5.74, 6) is 0. The van der Waals surface area contributed by atoms with E-state index in [2.05, 4.69) is 4.99 Å². The van der Waals surface area contributed by atoms with Gasteiger partial charge in [-0.3, -0.25) is 4.99 Å². The van der Waals surface area contributed by atoms with Crippen LogP contribution >= 0.6 is 0 Å². The summed E-state index contributed by atoms with van der Waals surface area (Å²) in [6.45, 7) is 1.53. The van der Waals surface area contributed by atoms with Crippen LogP contribution in [0.1, 0.15) is 6.92 Å². The number of hydrogen-bond donors (Lipinski definition) is 0. The molecule has 0 unspecified atom stereocenters. The van der Waals surface area contributed by atoms with Crippen molar-refractivity contribution in [1.29, 1.82) is 0 Å². The summed E-state index contributed by atoms with van der Waals surface area (Å²) >= 11 is 0. The van der Waals surface area contributed by atoms with Gasteiger partial charge >= 0.3 is 11.0 Å². The van der Waals surface area contributed by atoms with Crippen molar-refractivity contribution in [3.8, 4) is 0 Å². The first-order valence-corrected chi connectivity index (χ1v) is 8.20. The average molecular weight is 373 g/mol. The molecule has 0 aliphatic carbocycles. The van der Waals surface area contributed by atoms with Gasteiger partial charge in [0, 0.05) is 6.21 Å². The Hall–Kier alpha value is -1.37. The summed E-state index contributed by atoms with van der Waals surface area (Å²) in [6.07, 6.45) is 4.79. The number of rotatable bonds is 5. The largest absolute Gasteiger partial charge is 0.500 e. The van der Waals surface area contributed by atoms with Crippen molar-refractivity contribution in [1.82, 2.24) is 0 Å². The van der Waals surface area contributed by atoms with Gasteiger partial charge in [-0.2, -0.15) is 26.3 Å². The second-order valence-corrected chi connectivity index (χ2v) is 7.79. The summed E-state index contributed by atoms with van der Waals surface area (Å²) in [5.41, 5.74) is -12.4. The van der Waals surface area contributed by atoms with Gasteiger partial charge in [0.05, 0.1) is 0 Å². The first-order chi connectivity index (χ1) is 9.69. The van der Waals surface area contributed by atoms with Crippen molar-refractivity contribution in [2.75, 3.05) is 0 Å². The van der Waals surface area contributed by atoms with E-state index in [4.69, 9.17) is 0 Å². The molecular weight excluding hydrogens is 364 g/mol. The number of alkyl halides is 6. The highest BCUT2D eigenvalue weighted by atomic mass is 32.3. The van der Waals surface area contributed by atoms with Crippen LogP contribution in [0.4, 0.5) is 26.3 Å². The zero-order chi connectivity index (χ0) is 17.8. The number of halogens is 6. The van der Waals surface area contributed by atoms with Crippen LogP contribution in [-0.2, 0) is 19.7 Å². The van der Waals surface area contributed by atoms with Gasteiger partial charge in [-0.1, -0.05) is 18.2 Å². The van der Waals surface area contributed by atoms with E-state index in [0.29, 0.717) is 0 Å². The number of aliphatic imine (C=N–C) groups is 1. The van der Waals surface area contributed by atoms with Crippen molar-refractivity contribution in [2.45, 2.75) is 22.6 Å². The third-order valence-corrected chi connectivity index (χ3v) is 6.00. The third kappa shape index (κ3) is 4.56. The van der Waals surface area contributed by atoms with Crippen molar-refractivity contribution < 1.29 is 43.2 Å². The standard InChI is InChI=1S/C9H9F6NO4S2/c1-2-3-4-5-6-16-7(21(17,18)8(10,11)12)22(19,20)9(13,14)15/h2-7H,1H3/b3-2-,5-4-,16-6?. The Morgan fingerprint density at radius 2 is 1.23 bits per heavy atom. The van der Waals surface area contributed by atoms with Crippen LogP contribution in [0.15, 0.2) is 29.3 Å². The fourth-order valence-electron chi connectivity index (χ4n) is 0.901. The van der Waals surface area contributed by atoms with Gasteiger partial charge in [0.1, 0.15) is 0 Å². The lowest BCUT2D eigenvalue weighted by Crippen LogP contribution is -2.43. The molecule has 0 saturated heterocycles. The Morgan fingerprint density at radius 3 is 1.55 bits per heavy atom. The number of allylic oxidation sites excluding steroid dienone is 4. The average Bonchev–Trinajstić information content (AvgIpc) is 2.30. The monoisotopic (exact) mass is 373 g/mol. The highest BCUT2D eigenvalue weighted by molar-refractivity contribution is 8.09. The van der Waals surface area contributed by atoms with E-state index in [1.165, 1.54) is 19.1 Å². The van der Waals surface area contributed by atoms with Gasteiger partial charge in [-0.05, 0) is 13.0 Å². The molecule has 0 bridgehead atoms. The molecule has 0 spiro atoms. The fraction of sp³-hybridized carbons (Fsp3) is 0.444. The molecule has 5 nitrogen and oxygen atoms in total. The molecule has 0 N–H and O–H groups in total. The molecule has 0 amide bonds. The second-order valence-electron chi connectivity index (χ2n) is 3.50. The summed E-state index contributed by atoms with van der Waals surface area (Å²) in [6, 6.07) is 0. The van der Waals surface area contributed by atoms with E-state index in [0.717, 1.165) is 12.2 Å². The maximum atomic E-state index is 12.3. The van der Waals surface area contributed by atoms with Crippen LogP contribution in [0.25, 0.3) is 0 Å². The highest BCUT2D eigenvalue weighted by Crippen LogP contribution is 2.36. The van der Waals surface area contributed by atoms with Gasteiger partial charge in [0.15, 0.2) is 0 Å². The molecular formula is C9H9F6NO4S2. The zero-order valence-corrected chi connectivity index (χ0v) is 12.3. The molecule has 0 aromatic rings. The number of sulfone groups is 2. The van der Waals surface area contributed by atoms with Gasteiger partial charge in [0.25, 0.3) is 24.4 Å². The highest BCUT2D eigenvalue weighted by Gasteiger charge is 2.63. The van der Waals surface area contributed by atoms with Gasteiger partial charge in [-0.15, -0.1) is 0 Å². The predicted octanol–water partition coefficient (Wildman–Crippen LogP) is 2.34. The molecule has 0 aromatic carbocycles. The third-order valence-electron chi connectivity index (χ3n) is 1.88. The Labute approximate surface area is 121 Å². The molecule has 22 heavy (non-hydrogen) atoms. The molecule has 0 saturated carbocycles. The summed E-state index contributed by atoms with van der Waals surface area (Å²) in [4.78, 5) is 2.41. The smallest absolute Gasteiger partial charge is 0.257 e. The van der Waals surface area contributed by atoms with Gasteiger partial charge in [-0.25, -0.2) is 16.8 Å². The molecule has 0 heterocycles. The minimum absolute atomic E-state index is 0.219. The van der Waals surface area contributed by atoms with E-state index < -0.39 is 35.4 Å². The molecule has 0 fully saturated rings. The van der Waals surface area contributed by atoms with Crippen LogP contribution < -0.4 is 0 Å². The van der Waals surface area contributed by atoms with Crippen LogP contribution in [0.5, 0.6) is 0 Å². The first kappa shape index (κ1) is 20.6. The molecule has 0 atom stereocenters. The quantitative estimate of drug-likeness (QED) is 0.421. The summed E-state index contributed by atoms with van der Waals surface area (Å²) < 4.78 is 114. The summed E-state index contributed by atoms with van der Waals surface area (Å²) in [5, 5.41) is 0. The van der Waals surface area contributed by atoms with Crippen LogP contribution in [-0.4, -0.2) is 38.8 Å². The molecule has 0 aliphatic heterocycles. The summed E-state index contributed by atoms with van der Waals surface area (Å²) in [7, 11) is -13.5. The van der Waals surface area contributed by atoms with E-state index in [1.54, 1.807) is 0 Å². The van der Waals surface area contributed by atoms with E-state index in [-0.39, 0.29) is 6.21 Å². The van der Waals surface area contributed by atoms with E-state index in [1.807, 2.05) is 0 Å². The van der Waals surface area contributed by atoms with Crippen LogP contribution in [0.2, 0.25) is 0 Å². The zero-order valence-electron chi connectivity index (χ0n) is 10.6. The van der Waals surface area contributed by atoms with Gasteiger partial charge in [0.2, 0.25) is 0 Å². The Morgan fingerprint density at radius 1 is 0.818 bits per heavy atom. The molecule has 0 radical (unpaired) electrons. The molecule has 0 aliphatic rings. The fourth-order valence-corrected chi connectivity index (χ4v) is 3.81. The number of nitrogens with zero attached hydrogens (tertiary/aromatic N) is 1. The minimum Gasteiger partial charge on any atom is -0.257 e. The maximum Gasteiger partial charge on any atom is 0.500 e. The second kappa shape index (κ2) is 6.81. The van der Waals surface area contributed by atoms with Crippen molar-refractivity contribution in [3.63, 3.8) is 0 Å². The van der Waals surface area contributed by atoms with E-state index >= 15 is 0 Å². The maximum absolute atomic E-state index is 12.3.